The van der Waals surface area contributed by atoms with Gasteiger partial charge in [0.2, 0.25) is 5.91 Å². The van der Waals surface area contributed by atoms with Gasteiger partial charge in [0.25, 0.3) is 5.91 Å². The Labute approximate surface area is 156 Å². The summed E-state index contributed by atoms with van der Waals surface area (Å²) >= 11 is 0. The number of carbonyl (C=O) groups is 2. The maximum absolute atomic E-state index is 13.1. The summed E-state index contributed by atoms with van der Waals surface area (Å²) in [6.45, 7) is 8.27. The van der Waals surface area contributed by atoms with Crippen LogP contribution in [0.5, 0.6) is 0 Å². The first-order valence-corrected chi connectivity index (χ1v) is 9.85. The smallest absolute Gasteiger partial charge is 0.255 e. The van der Waals surface area contributed by atoms with Gasteiger partial charge in [-0.1, -0.05) is 13.8 Å². The van der Waals surface area contributed by atoms with Gasteiger partial charge in [0, 0.05) is 37.8 Å². The van der Waals surface area contributed by atoms with E-state index in [2.05, 4.69) is 31.0 Å². The molecule has 1 N–H and O–H groups in total. The van der Waals surface area contributed by atoms with Crippen LogP contribution in [0, 0.1) is 11.8 Å². The van der Waals surface area contributed by atoms with Crippen molar-refractivity contribution in [2.24, 2.45) is 11.8 Å². The molecule has 3 rings (SSSR count). The Hall–Kier alpha value is -2.04. The molecule has 1 aliphatic heterocycles. The summed E-state index contributed by atoms with van der Waals surface area (Å²) in [5, 5.41) is 3.01. The molecule has 142 valence electrons. The van der Waals surface area contributed by atoms with E-state index in [-0.39, 0.29) is 23.8 Å². The number of nitrogens with zero attached hydrogens (tertiary/aromatic N) is 2. The highest BCUT2D eigenvalue weighted by Gasteiger charge is 2.30. The van der Waals surface area contributed by atoms with E-state index in [1.807, 2.05) is 30.1 Å². The largest absolute Gasteiger partial charge is 0.371 e. The van der Waals surface area contributed by atoms with Crippen LogP contribution in [-0.2, 0) is 4.79 Å². The van der Waals surface area contributed by atoms with Gasteiger partial charge < -0.3 is 15.1 Å². The average molecular weight is 357 g/mol. The summed E-state index contributed by atoms with van der Waals surface area (Å²) in [6.07, 6.45) is 4.26. The van der Waals surface area contributed by atoms with Crippen LogP contribution < -0.4 is 10.2 Å². The molecule has 2 aliphatic rings. The predicted octanol–water partition coefficient (Wildman–Crippen LogP) is 3.75. The zero-order chi connectivity index (χ0) is 18.8. The summed E-state index contributed by atoms with van der Waals surface area (Å²) in [5.41, 5.74) is 2.47. The maximum atomic E-state index is 13.1. The number of benzene rings is 1. The van der Waals surface area contributed by atoms with Gasteiger partial charge in [0.1, 0.15) is 0 Å². The van der Waals surface area contributed by atoms with Crippen molar-refractivity contribution in [3.05, 3.63) is 23.8 Å². The Kier molecular flexibility index (Phi) is 5.54. The first-order valence-electron chi connectivity index (χ1n) is 9.85. The molecule has 1 saturated carbocycles. The van der Waals surface area contributed by atoms with Gasteiger partial charge in [-0.2, -0.15) is 0 Å². The molecule has 1 aromatic rings. The quantitative estimate of drug-likeness (QED) is 0.843. The van der Waals surface area contributed by atoms with Crippen molar-refractivity contribution in [2.75, 3.05) is 30.4 Å². The van der Waals surface area contributed by atoms with Gasteiger partial charge in [-0.3, -0.25) is 9.59 Å². The van der Waals surface area contributed by atoms with Gasteiger partial charge in [-0.25, -0.2) is 0 Å². The fourth-order valence-electron chi connectivity index (χ4n) is 3.42. The van der Waals surface area contributed by atoms with Crippen molar-refractivity contribution in [3.63, 3.8) is 0 Å². The molecule has 1 saturated heterocycles. The zero-order valence-electron chi connectivity index (χ0n) is 16.4. The van der Waals surface area contributed by atoms with E-state index in [1.54, 1.807) is 0 Å². The van der Waals surface area contributed by atoms with E-state index in [0.29, 0.717) is 5.92 Å². The minimum absolute atomic E-state index is 0.0492. The van der Waals surface area contributed by atoms with E-state index in [4.69, 9.17) is 0 Å². The zero-order valence-corrected chi connectivity index (χ0v) is 16.4. The van der Waals surface area contributed by atoms with Crippen LogP contribution in [0.2, 0.25) is 0 Å². The Bertz CT molecular complexity index is 676. The van der Waals surface area contributed by atoms with Crippen LogP contribution in [-0.4, -0.2) is 42.9 Å². The summed E-state index contributed by atoms with van der Waals surface area (Å²) in [5.74, 6) is 0.719. The van der Waals surface area contributed by atoms with Crippen LogP contribution >= 0.6 is 0 Å². The second-order valence-electron chi connectivity index (χ2n) is 8.09. The third-order valence-corrected chi connectivity index (χ3v) is 5.79. The molecule has 2 fully saturated rings. The molecule has 5 heteroatoms. The van der Waals surface area contributed by atoms with Crippen molar-refractivity contribution in [3.8, 4) is 0 Å². The monoisotopic (exact) mass is 357 g/mol. The minimum Gasteiger partial charge on any atom is -0.371 e. The molecule has 2 amide bonds. The van der Waals surface area contributed by atoms with Crippen molar-refractivity contribution < 1.29 is 9.59 Å². The summed E-state index contributed by atoms with van der Waals surface area (Å²) in [7, 11) is 1.88. The standard InChI is InChI=1S/C21H31N3O2/c1-14(2)15(3)23(4)21(26)18-10-9-17(22-20(25)16-7-8-16)13-19(18)24-11-5-6-12-24/h9-10,13-16H,5-8,11-12H2,1-4H3,(H,22,25). The second-order valence-corrected chi connectivity index (χ2v) is 8.09. The van der Waals surface area contributed by atoms with Gasteiger partial charge in [-0.15, -0.1) is 0 Å². The lowest BCUT2D eigenvalue weighted by Crippen LogP contribution is -2.39. The summed E-state index contributed by atoms with van der Waals surface area (Å²) in [4.78, 5) is 29.3. The molecule has 1 aliphatic carbocycles. The normalized spacial score (nSPS) is 18.1. The number of amides is 2. The average Bonchev–Trinajstić information content (AvgIpc) is 3.34. The first kappa shape index (κ1) is 18.7. The van der Waals surface area contributed by atoms with E-state index in [9.17, 15) is 9.59 Å². The van der Waals surface area contributed by atoms with E-state index < -0.39 is 0 Å². The van der Waals surface area contributed by atoms with Crippen LogP contribution in [0.4, 0.5) is 11.4 Å². The molecular formula is C21H31N3O2. The number of rotatable bonds is 6. The highest BCUT2D eigenvalue weighted by atomic mass is 16.2. The Morgan fingerprint density at radius 3 is 2.38 bits per heavy atom. The van der Waals surface area contributed by atoms with E-state index in [0.717, 1.165) is 55.7 Å². The maximum Gasteiger partial charge on any atom is 0.255 e. The molecule has 0 aromatic heterocycles. The molecule has 0 spiro atoms. The molecule has 26 heavy (non-hydrogen) atoms. The van der Waals surface area contributed by atoms with E-state index >= 15 is 0 Å². The van der Waals surface area contributed by atoms with Crippen molar-refractivity contribution in [2.45, 2.75) is 52.5 Å². The molecule has 1 heterocycles. The summed E-state index contributed by atoms with van der Waals surface area (Å²) < 4.78 is 0. The molecule has 0 radical (unpaired) electrons. The highest BCUT2D eigenvalue weighted by Crippen LogP contribution is 2.33. The van der Waals surface area contributed by atoms with Crippen LogP contribution in [0.15, 0.2) is 18.2 Å². The third kappa shape index (κ3) is 4.02. The van der Waals surface area contributed by atoms with Gasteiger partial charge in [0.05, 0.1) is 11.3 Å². The topological polar surface area (TPSA) is 52.7 Å². The Morgan fingerprint density at radius 2 is 1.81 bits per heavy atom. The number of nitrogens with one attached hydrogen (secondary N) is 1. The number of hydrogen-bond donors (Lipinski definition) is 1. The lowest BCUT2D eigenvalue weighted by molar-refractivity contribution is -0.117. The SMILES string of the molecule is CC(C)C(C)N(C)C(=O)c1ccc(NC(=O)C2CC2)cc1N1CCCC1. The molecule has 0 bridgehead atoms. The minimum atomic E-state index is 0.0492. The van der Waals surface area contributed by atoms with Crippen molar-refractivity contribution >= 4 is 23.2 Å². The van der Waals surface area contributed by atoms with Gasteiger partial charge in [-0.05, 0) is 56.7 Å². The summed E-state index contributed by atoms with van der Waals surface area (Å²) in [6, 6.07) is 5.89. The fraction of sp³-hybridized carbons (Fsp3) is 0.619. The molecular weight excluding hydrogens is 326 g/mol. The lowest BCUT2D eigenvalue weighted by atomic mass is 10.0. The number of anilines is 2. The Morgan fingerprint density at radius 1 is 1.15 bits per heavy atom. The molecule has 1 unspecified atom stereocenters. The third-order valence-electron chi connectivity index (χ3n) is 5.79. The van der Waals surface area contributed by atoms with Crippen molar-refractivity contribution in [1.29, 1.82) is 0 Å². The fourth-order valence-corrected chi connectivity index (χ4v) is 3.42. The Balaban J connectivity index is 1.87. The lowest BCUT2D eigenvalue weighted by Gasteiger charge is -2.30. The van der Waals surface area contributed by atoms with Crippen LogP contribution in [0.3, 0.4) is 0 Å². The number of carbonyl (C=O) groups excluding carboxylic acids is 2. The van der Waals surface area contributed by atoms with Gasteiger partial charge in [0.15, 0.2) is 0 Å². The molecule has 1 aromatic carbocycles. The van der Waals surface area contributed by atoms with Crippen LogP contribution in [0.1, 0.15) is 56.8 Å². The predicted molar refractivity (Wildman–Crippen MR) is 106 cm³/mol. The van der Waals surface area contributed by atoms with Gasteiger partial charge >= 0.3 is 0 Å². The van der Waals surface area contributed by atoms with Crippen LogP contribution in [0.25, 0.3) is 0 Å². The highest BCUT2D eigenvalue weighted by molar-refractivity contribution is 6.02. The molecule has 1 atom stereocenters. The van der Waals surface area contributed by atoms with E-state index in [1.165, 1.54) is 0 Å². The second kappa shape index (κ2) is 7.68. The molecule has 5 nitrogen and oxygen atoms in total. The van der Waals surface area contributed by atoms with Crippen molar-refractivity contribution in [1.82, 2.24) is 4.90 Å². The first-order chi connectivity index (χ1) is 12.4. The number of hydrogen-bond acceptors (Lipinski definition) is 3.